The number of halogens is 1. The minimum Gasteiger partial charge on any atom is -0.494 e. The van der Waals surface area contributed by atoms with E-state index in [9.17, 15) is 4.39 Å². The van der Waals surface area contributed by atoms with Crippen LogP contribution in [0, 0.1) is 17.7 Å². The number of rotatable bonds is 13. The summed E-state index contributed by atoms with van der Waals surface area (Å²) in [6.07, 6.45) is 4.35. The third kappa shape index (κ3) is 8.93. The molecule has 0 N–H and O–H groups in total. The lowest BCUT2D eigenvalue weighted by molar-refractivity contribution is 0.275. The van der Waals surface area contributed by atoms with Crippen molar-refractivity contribution in [3.05, 3.63) is 59.4 Å². The van der Waals surface area contributed by atoms with Gasteiger partial charge in [0.1, 0.15) is 17.3 Å². The second-order valence-corrected chi connectivity index (χ2v) is 9.66. The van der Waals surface area contributed by atoms with Gasteiger partial charge >= 0.3 is 0 Å². The largest absolute Gasteiger partial charge is 0.494 e. The van der Waals surface area contributed by atoms with Crippen LogP contribution in [-0.4, -0.2) is 13.2 Å². The van der Waals surface area contributed by atoms with Gasteiger partial charge in [-0.3, -0.25) is 0 Å². The van der Waals surface area contributed by atoms with Crippen LogP contribution < -0.4 is 9.47 Å². The topological polar surface area (TPSA) is 18.5 Å². The second-order valence-electron chi connectivity index (χ2n) is 9.66. The van der Waals surface area contributed by atoms with Gasteiger partial charge in [-0.15, -0.1) is 0 Å². The fraction of sp³-hybridized carbons (Fsp3) is 0.571. The molecule has 0 amide bonds. The van der Waals surface area contributed by atoms with Gasteiger partial charge in [-0.05, 0) is 72.3 Å². The maximum Gasteiger partial charge on any atom is 0.130 e. The van der Waals surface area contributed by atoms with Gasteiger partial charge in [0, 0.05) is 6.07 Å². The van der Waals surface area contributed by atoms with Gasteiger partial charge in [-0.1, -0.05) is 66.2 Å². The fourth-order valence-corrected chi connectivity index (χ4v) is 3.59. The molecule has 0 aliphatic rings. The highest BCUT2D eigenvalue weighted by Crippen LogP contribution is 2.27. The third-order valence-electron chi connectivity index (χ3n) is 5.98. The summed E-state index contributed by atoms with van der Waals surface area (Å²) in [4.78, 5) is 0. The first-order valence-corrected chi connectivity index (χ1v) is 11.9. The Hall–Kier alpha value is -2.03. The van der Waals surface area contributed by atoms with Crippen LogP contribution in [0.5, 0.6) is 11.5 Å². The van der Waals surface area contributed by atoms with Gasteiger partial charge in [-0.25, -0.2) is 4.39 Å². The van der Waals surface area contributed by atoms with Crippen LogP contribution in [0.2, 0.25) is 0 Å². The lowest BCUT2D eigenvalue weighted by Crippen LogP contribution is -2.06. The van der Waals surface area contributed by atoms with Crippen LogP contribution in [-0.2, 0) is 0 Å². The molecule has 2 unspecified atom stereocenters. The van der Waals surface area contributed by atoms with Crippen LogP contribution in [0.15, 0.2) is 42.5 Å². The zero-order valence-electron chi connectivity index (χ0n) is 20.3. The van der Waals surface area contributed by atoms with Gasteiger partial charge in [-0.2, -0.15) is 0 Å². The zero-order valence-corrected chi connectivity index (χ0v) is 20.3. The first-order valence-electron chi connectivity index (χ1n) is 11.9. The summed E-state index contributed by atoms with van der Waals surface area (Å²) in [6.45, 7) is 14.4. The van der Waals surface area contributed by atoms with Crippen molar-refractivity contribution in [3.63, 3.8) is 0 Å². The Kier molecular flexibility index (Phi) is 10.4. The first kappa shape index (κ1) is 25.2. The Bertz CT molecular complexity index is 767. The Morgan fingerprint density at radius 1 is 0.710 bits per heavy atom. The van der Waals surface area contributed by atoms with E-state index in [2.05, 4.69) is 52.0 Å². The van der Waals surface area contributed by atoms with Gasteiger partial charge in [0.05, 0.1) is 13.2 Å². The van der Waals surface area contributed by atoms with Gasteiger partial charge in [0.2, 0.25) is 0 Å². The van der Waals surface area contributed by atoms with Crippen LogP contribution >= 0.6 is 0 Å². The smallest absolute Gasteiger partial charge is 0.130 e. The van der Waals surface area contributed by atoms with E-state index in [0.29, 0.717) is 30.1 Å². The normalized spacial score (nSPS) is 13.5. The lowest BCUT2D eigenvalue weighted by Gasteiger charge is -2.17. The number of hydrogen-bond donors (Lipinski definition) is 0. The standard InChI is InChI=1S/C28H41FO2/c1-20(2)15-17-30-25-11-9-24(10-12-25)23(6)8-7-22(5)16-18-31-26-13-14-27(21(3)4)28(29)19-26/h9-14,19-23H,7-8,15-18H2,1-6H3. The van der Waals surface area contributed by atoms with E-state index in [4.69, 9.17) is 9.47 Å². The van der Waals surface area contributed by atoms with Crippen molar-refractivity contribution in [1.29, 1.82) is 0 Å². The summed E-state index contributed by atoms with van der Waals surface area (Å²) >= 11 is 0. The van der Waals surface area contributed by atoms with E-state index in [-0.39, 0.29) is 11.7 Å². The molecule has 31 heavy (non-hydrogen) atoms. The molecule has 0 fully saturated rings. The van der Waals surface area contributed by atoms with Crippen molar-refractivity contribution in [1.82, 2.24) is 0 Å². The summed E-state index contributed by atoms with van der Waals surface area (Å²) in [6, 6.07) is 13.8. The molecule has 2 aromatic carbocycles. The van der Waals surface area contributed by atoms with E-state index >= 15 is 0 Å². The summed E-state index contributed by atoms with van der Waals surface area (Å²) in [5, 5.41) is 0. The molecule has 0 spiro atoms. The van der Waals surface area contributed by atoms with Crippen molar-refractivity contribution < 1.29 is 13.9 Å². The molecule has 0 saturated carbocycles. The monoisotopic (exact) mass is 428 g/mol. The molecule has 0 radical (unpaired) electrons. The molecule has 2 nitrogen and oxygen atoms in total. The molecule has 0 aliphatic heterocycles. The summed E-state index contributed by atoms with van der Waals surface area (Å²) in [7, 11) is 0. The third-order valence-corrected chi connectivity index (χ3v) is 5.98. The van der Waals surface area contributed by atoms with Crippen molar-refractivity contribution in [2.24, 2.45) is 11.8 Å². The summed E-state index contributed by atoms with van der Waals surface area (Å²) in [5.74, 6) is 3.35. The van der Waals surface area contributed by atoms with E-state index in [0.717, 1.165) is 43.6 Å². The molecular weight excluding hydrogens is 387 g/mol. The second kappa shape index (κ2) is 12.7. The van der Waals surface area contributed by atoms with Crippen LogP contribution in [0.25, 0.3) is 0 Å². The van der Waals surface area contributed by atoms with Crippen molar-refractivity contribution in [2.75, 3.05) is 13.2 Å². The van der Waals surface area contributed by atoms with Gasteiger partial charge < -0.3 is 9.47 Å². The molecule has 0 aromatic heterocycles. The van der Waals surface area contributed by atoms with E-state index in [1.54, 1.807) is 0 Å². The van der Waals surface area contributed by atoms with Crippen molar-refractivity contribution in [2.45, 2.75) is 79.1 Å². The van der Waals surface area contributed by atoms with Crippen LogP contribution in [0.4, 0.5) is 4.39 Å². The highest BCUT2D eigenvalue weighted by molar-refractivity contribution is 5.31. The zero-order chi connectivity index (χ0) is 22.8. The van der Waals surface area contributed by atoms with E-state index in [1.807, 2.05) is 26.0 Å². The molecule has 2 atom stereocenters. The minimum atomic E-state index is -0.175. The Morgan fingerprint density at radius 3 is 1.94 bits per heavy atom. The highest BCUT2D eigenvalue weighted by Gasteiger charge is 2.11. The average molecular weight is 429 g/mol. The summed E-state index contributed by atoms with van der Waals surface area (Å²) < 4.78 is 25.7. The molecule has 2 rings (SSSR count). The molecule has 2 aromatic rings. The molecule has 0 heterocycles. The maximum absolute atomic E-state index is 14.1. The first-order chi connectivity index (χ1) is 14.8. The maximum atomic E-state index is 14.1. The quantitative estimate of drug-likeness (QED) is 0.319. The van der Waals surface area contributed by atoms with Crippen LogP contribution in [0.1, 0.15) is 90.2 Å². The molecule has 172 valence electrons. The van der Waals surface area contributed by atoms with Crippen molar-refractivity contribution in [3.8, 4) is 11.5 Å². The number of ether oxygens (including phenoxy) is 2. The van der Waals surface area contributed by atoms with E-state index in [1.165, 1.54) is 11.6 Å². The number of benzene rings is 2. The lowest BCUT2D eigenvalue weighted by atomic mass is 9.91. The SMILES string of the molecule is CC(C)CCOc1ccc(C(C)CCC(C)CCOc2ccc(C(C)C)c(F)c2)cc1. The molecule has 0 bridgehead atoms. The Morgan fingerprint density at radius 2 is 1.32 bits per heavy atom. The Balaban J connectivity index is 1.69. The highest BCUT2D eigenvalue weighted by atomic mass is 19.1. The Labute approximate surface area is 189 Å². The molecule has 0 aliphatic carbocycles. The minimum absolute atomic E-state index is 0.175. The van der Waals surface area contributed by atoms with E-state index < -0.39 is 0 Å². The van der Waals surface area contributed by atoms with Gasteiger partial charge in [0.25, 0.3) is 0 Å². The van der Waals surface area contributed by atoms with Crippen molar-refractivity contribution >= 4 is 0 Å². The van der Waals surface area contributed by atoms with Crippen LogP contribution in [0.3, 0.4) is 0 Å². The predicted molar refractivity (Wildman–Crippen MR) is 129 cm³/mol. The molecule has 3 heteroatoms. The number of hydrogen-bond acceptors (Lipinski definition) is 2. The summed E-state index contributed by atoms with van der Waals surface area (Å²) in [5.41, 5.74) is 2.10. The fourth-order valence-electron chi connectivity index (χ4n) is 3.59. The molecular formula is C28H41FO2. The average Bonchev–Trinajstić information content (AvgIpc) is 2.72. The molecule has 0 saturated heterocycles. The van der Waals surface area contributed by atoms with Gasteiger partial charge in [0.15, 0.2) is 0 Å². The predicted octanol–water partition coefficient (Wildman–Crippen LogP) is 8.36.